The molecule has 0 amide bonds. The van der Waals surface area contributed by atoms with Crippen LogP contribution in [-0.2, 0) is 10.0 Å². The maximum atomic E-state index is 11.5. The van der Waals surface area contributed by atoms with Crippen molar-refractivity contribution in [3.8, 4) is 0 Å². The van der Waals surface area contributed by atoms with Crippen molar-refractivity contribution in [3.05, 3.63) is 47.9 Å². The molecule has 1 aromatic carbocycles. The summed E-state index contributed by atoms with van der Waals surface area (Å²) in [5.74, 6) is 0.655. The monoisotopic (exact) mass is 310 g/mol. The Hall–Kier alpha value is -1.82. The Morgan fingerprint density at radius 3 is 2.19 bits per heavy atom. The molecule has 5 nitrogen and oxygen atoms in total. The quantitative estimate of drug-likeness (QED) is 0.939. The van der Waals surface area contributed by atoms with Gasteiger partial charge in [-0.05, 0) is 19.8 Å². The van der Waals surface area contributed by atoms with Crippen LogP contribution in [0.1, 0.15) is 25.2 Å². The average molecular weight is 310 g/mol. The first-order valence-electron chi connectivity index (χ1n) is 6.73. The van der Waals surface area contributed by atoms with Gasteiger partial charge in [-0.2, -0.15) is 0 Å². The molecule has 0 spiro atoms. The van der Waals surface area contributed by atoms with Gasteiger partial charge in [0.15, 0.2) is 5.76 Å². The first kappa shape index (κ1) is 17.2. The van der Waals surface area contributed by atoms with Crippen LogP contribution in [0.3, 0.4) is 0 Å². The van der Waals surface area contributed by atoms with E-state index in [-0.39, 0.29) is 11.7 Å². The van der Waals surface area contributed by atoms with E-state index in [4.69, 9.17) is 4.52 Å². The number of sulfonamides is 1. The molecular formula is C15H22N2O3S. The van der Waals surface area contributed by atoms with Gasteiger partial charge in [0.25, 0.3) is 0 Å². The smallest absolute Gasteiger partial charge is 0.233 e. The molecule has 1 N–H and O–H groups in total. The van der Waals surface area contributed by atoms with Gasteiger partial charge in [-0.1, -0.05) is 54.9 Å². The highest BCUT2D eigenvalue weighted by atomic mass is 32.2. The van der Waals surface area contributed by atoms with Crippen LogP contribution in [-0.4, -0.2) is 19.3 Å². The van der Waals surface area contributed by atoms with Gasteiger partial charge in [0.05, 0.1) is 11.9 Å². The molecule has 6 heteroatoms. The molecule has 0 bridgehead atoms. The van der Waals surface area contributed by atoms with Gasteiger partial charge >= 0.3 is 0 Å². The van der Waals surface area contributed by atoms with Crippen LogP contribution < -0.4 is 4.72 Å². The fourth-order valence-electron chi connectivity index (χ4n) is 1.58. The average Bonchev–Trinajstić information content (AvgIpc) is 2.74. The summed E-state index contributed by atoms with van der Waals surface area (Å²) in [6, 6.07) is 10.3. The molecule has 21 heavy (non-hydrogen) atoms. The number of aromatic nitrogens is 1. The Kier molecular flexibility index (Phi) is 6.42. The van der Waals surface area contributed by atoms with Crippen molar-refractivity contribution in [2.45, 2.75) is 27.7 Å². The van der Waals surface area contributed by atoms with Crippen molar-refractivity contribution in [3.63, 3.8) is 0 Å². The van der Waals surface area contributed by atoms with Crippen molar-refractivity contribution in [2.75, 3.05) is 10.5 Å². The third-order valence-electron chi connectivity index (χ3n) is 2.51. The zero-order chi connectivity index (χ0) is 15.9. The highest BCUT2D eigenvalue weighted by Gasteiger charge is 2.15. The van der Waals surface area contributed by atoms with E-state index < -0.39 is 10.0 Å². The fourth-order valence-corrected chi connectivity index (χ4v) is 3.07. The molecule has 0 saturated heterocycles. The second kappa shape index (κ2) is 7.83. The van der Waals surface area contributed by atoms with E-state index in [1.165, 1.54) is 11.8 Å². The summed E-state index contributed by atoms with van der Waals surface area (Å²) >= 11 is 0. The molecule has 0 aliphatic rings. The lowest BCUT2D eigenvalue weighted by Gasteiger charge is -2.07. The summed E-state index contributed by atoms with van der Waals surface area (Å²) in [5.41, 5.74) is 1.73. The number of hydrogen-bond donors (Lipinski definition) is 1. The molecule has 0 radical (unpaired) electrons. The van der Waals surface area contributed by atoms with Gasteiger partial charge in [-0.15, -0.1) is 0 Å². The van der Waals surface area contributed by atoms with Crippen molar-refractivity contribution < 1.29 is 12.9 Å². The van der Waals surface area contributed by atoms with E-state index in [2.05, 4.69) is 28.9 Å². The number of anilines is 1. The summed E-state index contributed by atoms with van der Waals surface area (Å²) in [6.45, 7) is 7.43. The van der Waals surface area contributed by atoms with Crippen molar-refractivity contribution in [2.24, 2.45) is 5.92 Å². The van der Waals surface area contributed by atoms with Crippen molar-refractivity contribution in [1.29, 1.82) is 0 Å². The number of hydrogen-bond acceptors (Lipinski definition) is 4. The molecule has 1 aromatic heterocycles. The summed E-state index contributed by atoms with van der Waals surface area (Å²) in [4.78, 5) is 0. The lowest BCUT2D eigenvalue weighted by Crippen LogP contribution is -2.20. The Morgan fingerprint density at radius 1 is 1.19 bits per heavy atom. The third-order valence-corrected chi connectivity index (χ3v) is 4.15. The highest BCUT2D eigenvalue weighted by molar-refractivity contribution is 7.92. The van der Waals surface area contributed by atoms with E-state index in [1.807, 2.05) is 32.0 Å². The van der Waals surface area contributed by atoms with Crippen LogP contribution in [0.5, 0.6) is 0 Å². The van der Waals surface area contributed by atoms with Gasteiger partial charge in [0.1, 0.15) is 5.69 Å². The number of nitrogens with zero attached hydrogens (tertiary/aromatic N) is 1. The lowest BCUT2D eigenvalue weighted by molar-refractivity contribution is 0.398. The molecule has 0 atom stereocenters. The van der Waals surface area contributed by atoms with E-state index in [0.717, 1.165) is 0 Å². The van der Waals surface area contributed by atoms with Crippen LogP contribution in [0.4, 0.5) is 5.69 Å². The summed E-state index contributed by atoms with van der Waals surface area (Å²) < 4.78 is 30.1. The minimum absolute atomic E-state index is 0.0904. The second-order valence-corrected chi connectivity index (χ2v) is 6.99. The van der Waals surface area contributed by atoms with Crippen molar-refractivity contribution >= 4 is 15.7 Å². The van der Waals surface area contributed by atoms with Gasteiger partial charge in [0, 0.05) is 0 Å². The molecular weight excluding hydrogens is 288 g/mol. The zero-order valence-electron chi connectivity index (χ0n) is 12.8. The Balaban J connectivity index is 0.000000262. The van der Waals surface area contributed by atoms with Crippen LogP contribution in [0.15, 0.2) is 41.1 Å². The summed E-state index contributed by atoms with van der Waals surface area (Å²) in [7, 11) is -3.28. The lowest BCUT2D eigenvalue weighted by atomic mass is 10.2. The number of aryl methyl sites for hydroxylation is 2. The van der Waals surface area contributed by atoms with Crippen LogP contribution >= 0.6 is 0 Å². The van der Waals surface area contributed by atoms with Gasteiger partial charge in [-0.3, -0.25) is 4.72 Å². The maximum Gasteiger partial charge on any atom is 0.233 e. The van der Waals surface area contributed by atoms with Gasteiger partial charge < -0.3 is 4.52 Å². The second-order valence-electron chi connectivity index (χ2n) is 5.23. The molecule has 0 aliphatic heterocycles. The minimum atomic E-state index is -3.28. The molecule has 1 heterocycles. The SMILES string of the molecule is Cc1ccccc1.Cc1oncc1NS(=O)(=O)CC(C)C. The first-order chi connectivity index (χ1) is 9.80. The van der Waals surface area contributed by atoms with E-state index in [9.17, 15) is 8.42 Å². The highest BCUT2D eigenvalue weighted by Crippen LogP contribution is 2.15. The molecule has 0 unspecified atom stereocenters. The van der Waals surface area contributed by atoms with Crippen LogP contribution in [0, 0.1) is 19.8 Å². The van der Waals surface area contributed by atoms with Gasteiger partial charge in [-0.25, -0.2) is 8.42 Å². The number of rotatable bonds is 4. The van der Waals surface area contributed by atoms with Crippen LogP contribution in [0.25, 0.3) is 0 Å². The number of benzene rings is 1. The molecule has 0 saturated carbocycles. The number of nitrogens with one attached hydrogen (secondary N) is 1. The predicted molar refractivity (Wildman–Crippen MR) is 84.7 cm³/mol. The summed E-state index contributed by atoms with van der Waals surface area (Å²) in [6.07, 6.45) is 1.35. The van der Waals surface area contributed by atoms with E-state index >= 15 is 0 Å². The Labute approximate surface area is 126 Å². The van der Waals surface area contributed by atoms with Gasteiger partial charge in [0.2, 0.25) is 10.0 Å². The topological polar surface area (TPSA) is 72.2 Å². The predicted octanol–water partition coefficient (Wildman–Crippen LogP) is 3.38. The fraction of sp³-hybridized carbons (Fsp3) is 0.400. The zero-order valence-corrected chi connectivity index (χ0v) is 13.6. The van der Waals surface area contributed by atoms with E-state index in [1.54, 1.807) is 6.92 Å². The standard InChI is InChI=1S/C8H14N2O3S.C7H8/c1-6(2)5-14(11,12)10-8-4-9-13-7(8)3;1-7-5-3-2-4-6-7/h4,6,10H,5H2,1-3H3;2-6H,1H3. The Bertz CT molecular complexity index is 634. The molecule has 2 aromatic rings. The molecule has 0 fully saturated rings. The molecule has 116 valence electrons. The Morgan fingerprint density at radius 2 is 1.81 bits per heavy atom. The minimum Gasteiger partial charge on any atom is -0.359 e. The van der Waals surface area contributed by atoms with Crippen molar-refractivity contribution in [1.82, 2.24) is 5.16 Å². The molecule has 0 aliphatic carbocycles. The largest absolute Gasteiger partial charge is 0.359 e. The molecule has 2 rings (SSSR count). The van der Waals surface area contributed by atoms with E-state index in [0.29, 0.717) is 11.4 Å². The summed E-state index contributed by atoms with van der Waals surface area (Å²) in [5, 5.41) is 3.48. The third kappa shape index (κ3) is 6.94. The van der Waals surface area contributed by atoms with Crippen LogP contribution in [0.2, 0.25) is 0 Å². The normalized spacial score (nSPS) is 10.9. The maximum absolute atomic E-state index is 11.5. The first-order valence-corrected chi connectivity index (χ1v) is 8.39.